The Labute approximate surface area is 119 Å². The molecule has 4 heteroatoms. The normalized spacial score (nSPS) is 19.3. The summed E-state index contributed by atoms with van der Waals surface area (Å²) in [6, 6.07) is 4.35. The van der Waals surface area contributed by atoms with Gasteiger partial charge in [0.05, 0.1) is 0 Å². The molecule has 1 aliphatic rings. The molecular weight excluding hydrogens is 346 g/mol. The zero-order valence-corrected chi connectivity index (χ0v) is 13.1. The largest absolute Gasteiger partial charge is 0.381 e. The van der Waals surface area contributed by atoms with E-state index >= 15 is 0 Å². The zero-order chi connectivity index (χ0) is 12.4. The van der Waals surface area contributed by atoms with Crippen molar-refractivity contribution in [3.63, 3.8) is 0 Å². The number of nitrogens with two attached hydrogens (primary N) is 1. The van der Waals surface area contributed by atoms with Crippen molar-refractivity contribution in [1.29, 1.82) is 0 Å². The molecule has 1 saturated heterocycles. The van der Waals surface area contributed by atoms with Crippen molar-refractivity contribution in [3.05, 3.63) is 32.2 Å². The van der Waals surface area contributed by atoms with Crippen molar-refractivity contribution in [3.8, 4) is 0 Å². The van der Waals surface area contributed by atoms with Gasteiger partial charge in [-0.3, -0.25) is 0 Å². The molecule has 2 N–H and O–H groups in total. The number of benzene rings is 1. The minimum atomic E-state index is 0.0881. The van der Waals surface area contributed by atoms with Crippen molar-refractivity contribution in [2.45, 2.75) is 25.8 Å². The Bertz CT molecular complexity index is 403. The molecule has 1 heterocycles. The van der Waals surface area contributed by atoms with Crippen molar-refractivity contribution in [2.75, 3.05) is 13.2 Å². The molecule has 1 aromatic rings. The van der Waals surface area contributed by atoms with Gasteiger partial charge < -0.3 is 10.5 Å². The summed E-state index contributed by atoms with van der Waals surface area (Å²) in [5, 5.41) is 0. The maximum absolute atomic E-state index is 6.38. The number of aryl methyl sites for hydroxylation is 1. The second-order valence-corrected chi connectivity index (χ2v) is 6.31. The van der Waals surface area contributed by atoms with Gasteiger partial charge >= 0.3 is 0 Å². The third kappa shape index (κ3) is 3.11. The Morgan fingerprint density at radius 3 is 2.53 bits per heavy atom. The Kier molecular flexibility index (Phi) is 4.64. The molecule has 94 valence electrons. The fourth-order valence-corrected chi connectivity index (χ4v) is 3.33. The van der Waals surface area contributed by atoms with Gasteiger partial charge in [-0.25, -0.2) is 0 Å². The SMILES string of the molecule is Cc1cc(Br)c(C(N)C2CCOCC2)cc1Br. The average molecular weight is 363 g/mol. The highest BCUT2D eigenvalue weighted by Gasteiger charge is 2.24. The van der Waals surface area contributed by atoms with E-state index in [-0.39, 0.29) is 6.04 Å². The molecule has 0 spiro atoms. The summed E-state index contributed by atoms with van der Waals surface area (Å²) in [6.45, 7) is 3.75. The first-order valence-corrected chi connectivity index (χ1v) is 7.47. The molecule has 0 saturated carbocycles. The maximum atomic E-state index is 6.38. The number of ether oxygens (including phenoxy) is 1. The highest BCUT2D eigenvalue weighted by atomic mass is 79.9. The van der Waals surface area contributed by atoms with Crippen LogP contribution in [-0.2, 0) is 4.74 Å². The van der Waals surface area contributed by atoms with Crippen LogP contribution < -0.4 is 5.73 Å². The number of halogens is 2. The molecule has 2 nitrogen and oxygen atoms in total. The van der Waals surface area contributed by atoms with E-state index in [9.17, 15) is 0 Å². The number of hydrogen-bond acceptors (Lipinski definition) is 2. The minimum absolute atomic E-state index is 0.0881. The summed E-state index contributed by atoms with van der Waals surface area (Å²) in [7, 11) is 0. The Morgan fingerprint density at radius 2 is 1.88 bits per heavy atom. The Hall–Kier alpha value is 0.1000. The first-order valence-electron chi connectivity index (χ1n) is 5.88. The lowest BCUT2D eigenvalue weighted by atomic mass is 9.87. The third-order valence-corrected chi connectivity index (χ3v) is 4.95. The molecule has 1 atom stereocenters. The first-order chi connectivity index (χ1) is 8.09. The molecule has 0 aliphatic carbocycles. The molecule has 0 aromatic heterocycles. The predicted molar refractivity (Wildman–Crippen MR) is 77.1 cm³/mol. The molecule has 1 aromatic carbocycles. The van der Waals surface area contributed by atoms with Crippen LogP contribution in [0.4, 0.5) is 0 Å². The Morgan fingerprint density at radius 1 is 1.24 bits per heavy atom. The number of hydrogen-bond donors (Lipinski definition) is 1. The quantitative estimate of drug-likeness (QED) is 0.864. The van der Waals surface area contributed by atoms with Crippen LogP contribution in [0.2, 0.25) is 0 Å². The molecule has 0 amide bonds. The van der Waals surface area contributed by atoms with Gasteiger partial charge in [0.25, 0.3) is 0 Å². The standard InChI is InChI=1S/C13H17Br2NO/c1-8-6-12(15)10(7-11(8)14)13(16)9-2-4-17-5-3-9/h6-7,9,13H,2-5,16H2,1H3. The Balaban J connectivity index is 2.23. The summed E-state index contributed by atoms with van der Waals surface area (Å²) < 4.78 is 7.61. The van der Waals surface area contributed by atoms with Crippen LogP contribution >= 0.6 is 31.9 Å². The van der Waals surface area contributed by atoms with Crippen molar-refractivity contribution >= 4 is 31.9 Å². The van der Waals surface area contributed by atoms with Crippen LogP contribution in [0.3, 0.4) is 0 Å². The van der Waals surface area contributed by atoms with E-state index in [1.165, 1.54) is 11.1 Å². The number of rotatable bonds is 2. The molecule has 0 bridgehead atoms. The van der Waals surface area contributed by atoms with Gasteiger partial charge in [0.15, 0.2) is 0 Å². The highest BCUT2D eigenvalue weighted by Crippen LogP contribution is 2.35. The second-order valence-electron chi connectivity index (χ2n) is 4.60. The van der Waals surface area contributed by atoms with Crippen LogP contribution in [0.1, 0.15) is 30.0 Å². The van der Waals surface area contributed by atoms with Crippen LogP contribution in [0.5, 0.6) is 0 Å². The predicted octanol–water partition coefficient (Wildman–Crippen LogP) is 3.95. The molecule has 2 rings (SSSR count). The van der Waals surface area contributed by atoms with Crippen molar-refractivity contribution in [2.24, 2.45) is 11.7 Å². The molecular formula is C13H17Br2NO. The van der Waals surface area contributed by atoms with Gasteiger partial charge in [-0.1, -0.05) is 31.9 Å². The minimum Gasteiger partial charge on any atom is -0.381 e. The zero-order valence-electron chi connectivity index (χ0n) is 9.88. The van der Waals surface area contributed by atoms with Crippen LogP contribution in [0.25, 0.3) is 0 Å². The van der Waals surface area contributed by atoms with E-state index in [0.29, 0.717) is 5.92 Å². The van der Waals surface area contributed by atoms with Gasteiger partial charge in [-0.15, -0.1) is 0 Å². The lowest BCUT2D eigenvalue weighted by Gasteiger charge is -2.28. The van der Waals surface area contributed by atoms with E-state index in [1.807, 2.05) is 0 Å². The smallest absolute Gasteiger partial charge is 0.0469 e. The summed E-state index contributed by atoms with van der Waals surface area (Å²) in [6.07, 6.45) is 2.11. The molecule has 1 aliphatic heterocycles. The first kappa shape index (κ1) is 13.5. The van der Waals surface area contributed by atoms with Gasteiger partial charge in [0.1, 0.15) is 0 Å². The highest BCUT2D eigenvalue weighted by molar-refractivity contribution is 9.11. The van der Waals surface area contributed by atoms with E-state index in [1.54, 1.807) is 0 Å². The van der Waals surface area contributed by atoms with Gasteiger partial charge in [-0.05, 0) is 48.9 Å². The fourth-order valence-electron chi connectivity index (χ4n) is 2.25. The van der Waals surface area contributed by atoms with E-state index < -0.39 is 0 Å². The summed E-state index contributed by atoms with van der Waals surface area (Å²) >= 11 is 7.19. The van der Waals surface area contributed by atoms with Crippen LogP contribution in [-0.4, -0.2) is 13.2 Å². The monoisotopic (exact) mass is 361 g/mol. The van der Waals surface area contributed by atoms with Gasteiger partial charge in [0.2, 0.25) is 0 Å². The molecule has 1 fully saturated rings. The summed E-state index contributed by atoms with van der Waals surface area (Å²) in [5.41, 5.74) is 8.79. The molecule has 1 unspecified atom stereocenters. The van der Waals surface area contributed by atoms with Crippen molar-refractivity contribution < 1.29 is 4.74 Å². The summed E-state index contributed by atoms with van der Waals surface area (Å²) in [5.74, 6) is 0.523. The van der Waals surface area contributed by atoms with Crippen LogP contribution in [0.15, 0.2) is 21.1 Å². The topological polar surface area (TPSA) is 35.2 Å². The second kappa shape index (κ2) is 5.83. The van der Waals surface area contributed by atoms with Gasteiger partial charge in [-0.2, -0.15) is 0 Å². The van der Waals surface area contributed by atoms with E-state index in [0.717, 1.165) is 35.0 Å². The molecule has 17 heavy (non-hydrogen) atoms. The third-order valence-electron chi connectivity index (χ3n) is 3.41. The van der Waals surface area contributed by atoms with E-state index in [2.05, 4.69) is 50.9 Å². The fraction of sp³-hybridized carbons (Fsp3) is 0.538. The lowest BCUT2D eigenvalue weighted by Crippen LogP contribution is -2.27. The van der Waals surface area contributed by atoms with E-state index in [4.69, 9.17) is 10.5 Å². The van der Waals surface area contributed by atoms with Crippen molar-refractivity contribution in [1.82, 2.24) is 0 Å². The van der Waals surface area contributed by atoms with Crippen LogP contribution in [0, 0.1) is 12.8 Å². The lowest BCUT2D eigenvalue weighted by molar-refractivity contribution is 0.0583. The summed E-state index contributed by atoms with van der Waals surface area (Å²) in [4.78, 5) is 0. The average Bonchev–Trinajstić information content (AvgIpc) is 2.34. The molecule has 0 radical (unpaired) electrons. The van der Waals surface area contributed by atoms with Gasteiger partial charge in [0, 0.05) is 28.2 Å². The maximum Gasteiger partial charge on any atom is 0.0469 e.